The van der Waals surface area contributed by atoms with Crippen molar-refractivity contribution in [2.45, 2.75) is 50.3 Å². The Kier molecular flexibility index (Phi) is 10.4. The number of hydrogen-bond acceptors (Lipinski definition) is 4. The van der Waals surface area contributed by atoms with Gasteiger partial charge in [-0.15, -0.1) is 11.8 Å². The van der Waals surface area contributed by atoms with E-state index in [2.05, 4.69) is 43.4 Å². The van der Waals surface area contributed by atoms with Gasteiger partial charge in [-0.2, -0.15) is 0 Å². The van der Waals surface area contributed by atoms with Gasteiger partial charge >= 0.3 is 12.0 Å². The van der Waals surface area contributed by atoms with Crippen LogP contribution in [0.4, 0.5) is 4.79 Å². The van der Waals surface area contributed by atoms with E-state index in [1.54, 1.807) is 6.92 Å². The number of carbonyl (C=O) groups excluding carboxylic acids is 2. The second-order valence-electron chi connectivity index (χ2n) is 9.46. The quantitative estimate of drug-likeness (QED) is 0.304. The van der Waals surface area contributed by atoms with Gasteiger partial charge in [-0.1, -0.05) is 91.0 Å². The van der Waals surface area contributed by atoms with Crippen molar-refractivity contribution in [2.24, 2.45) is 0 Å². The first-order valence-corrected chi connectivity index (χ1v) is 13.3. The maximum Gasteiger partial charge on any atom is 0.328 e. The van der Waals surface area contributed by atoms with E-state index in [9.17, 15) is 9.59 Å². The largest absolute Gasteiger partial charge is 0.459 e. The monoisotopic (exact) mass is 504 g/mol. The number of ether oxygens (including phenoxy) is 1. The van der Waals surface area contributed by atoms with Gasteiger partial charge in [-0.25, -0.2) is 9.59 Å². The molecule has 3 aromatic rings. The van der Waals surface area contributed by atoms with Crippen LogP contribution in [0, 0.1) is 0 Å². The predicted molar refractivity (Wildman–Crippen MR) is 148 cm³/mol. The summed E-state index contributed by atoms with van der Waals surface area (Å²) in [4.78, 5) is 27.7. The molecule has 1 atom stereocenters. The Morgan fingerprint density at radius 1 is 0.861 bits per heavy atom. The van der Waals surface area contributed by atoms with E-state index in [1.807, 2.05) is 83.4 Å². The van der Waals surface area contributed by atoms with Crippen molar-refractivity contribution in [3.05, 3.63) is 108 Å². The first kappa shape index (κ1) is 27.3. The molecule has 0 heterocycles. The van der Waals surface area contributed by atoms with Crippen LogP contribution in [0.25, 0.3) is 0 Å². The highest BCUT2D eigenvalue weighted by Gasteiger charge is 2.27. The molecule has 0 saturated carbocycles. The number of thioether (sulfide) groups is 1. The lowest BCUT2D eigenvalue weighted by Crippen LogP contribution is -2.51. The topological polar surface area (TPSA) is 58.6 Å². The van der Waals surface area contributed by atoms with E-state index in [0.717, 1.165) is 17.7 Å². The third-order valence-corrected chi connectivity index (χ3v) is 7.15. The molecule has 0 radical (unpaired) electrons. The fourth-order valence-corrected chi connectivity index (χ4v) is 4.71. The third kappa shape index (κ3) is 9.42. The fourth-order valence-electron chi connectivity index (χ4n) is 3.71. The van der Waals surface area contributed by atoms with Crippen molar-refractivity contribution >= 4 is 23.8 Å². The minimum absolute atomic E-state index is 0.180. The highest BCUT2D eigenvalue weighted by atomic mass is 32.2. The molecule has 0 aliphatic rings. The molecule has 0 unspecified atom stereocenters. The van der Waals surface area contributed by atoms with Gasteiger partial charge < -0.3 is 15.0 Å². The van der Waals surface area contributed by atoms with Gasteiger partial charge in [0.05, 0.1) is 0 Å². The molecule has 6 heteroatoms. The smallest absolute Gasteiger partial charge is 0.328 e. The standard InChI is InChI=1S/C30H36N2O3S/c1-24(28(33)35-21-26-15-9-5-10-16-26)31-29(34)32(20-19-25-13-7-4-8-14-25)23-30(2,3)36-22-27-17-11-6-12-18-27/h4-18,24H,19-23H2,1-3H3,(H,31,34)/t24-/m0/s1. The predicted octanol–water partition coefficient (Wildman–Crippen LogP) is 6.08. The number of nitrogens with one attached hydrogen (secondary N) is 1. The maximum atomic E-state index is 13.3. The van der Waals surface area contributed by atoms with Crippen LogP contribution in [-0.2, 0) is 28.3 Å². The van der Waals surface area contributed by atoms with Gasteiger partial charge in [0.2, 0.25) is 0 Å². The molecule has 0 saturated heterocycles. The van der Waals surface area contributed by atoms with Crippen LogP contribution in [-0.4, -0.2) is 40.8 Å². The van der Waals surface area contributed by atoms with Crippen LogP contribution in [0.15, 0.2) is 91.0 Å². The SMILES string of the molecule is C[C@H](NC(=O)N(CCc1ccccc1)CC(C)(C)SCc1ccccc1)C(=O)OCc1ccccc1. The Morgan fingerprint density at radius 3 is 1.97 bits per heavy atom. The van der Waals surface area contributed by atoms with Gasteiger partial charge in [-0.05, 0) is 43.9 Å². The summed E-state index contributed by atoms with van der Waals surface area (Å²) in [6.07, 6.45) is 0.737. The zero-order valence-electron chi connectivity index (χ0n) is 21.4. The number of esters is 1. The van der Waals surface area contributed by atoms with E-state index in [4.69, 9.17) is 4.74 Å². The van der Waals surface area contributed by atoms with Crippen molar-refractivity contribution in [3.63, 3.8) is 0 Å². The Labute approximate surface area is 219 Å². The van der Waals surface area contributed by atoms with Crippen molar-refractivity contribution in [1.29, 1.82) is 0 Å². The molecule has 36 heavy (non-hydrogen) atoms. The van der Waals surface area contributed by atoms with Crippen LogP contribution in [0.2, 0.25) is 0 Å². The van der Waals surface area contributed by atoms with E-state index >= 15 is 0 Å². The van der Waals surface area contributed by atoms with E-state index in [-0.39, 0.29) is 17.4 Å². The molecule has 0 aliphatic heterocycles. The van der Waals surface area contributed by atoms with Gasteiger partial charge in [0.15, 0.2) is 0 Å². The first-order valence-electron chi connectivity index (χ1n) is 12.3. The highest BCUT2D eigenvalue weighted by molar-refractivity contribution is 7.99. The number of carbonyl (C=O) groups is 2. The van der Waals surface area contributed by atoms with Gasteiger partial charge in [0.1, 0.15) is 12.6 Å². The van der Waals surface area contributed by atoms with Crippen LogP contribution < -0.4 is 5.32 Å². The Balaban J connectivity index is 1.60. The minimum Gasteiger partial charge on any atom is -0.459 e. The van der Waals surface area contributed by atoms with Gasteiger partial charge in [-0.3, -0.25) is 0 Å². The molecule has 2 amide bonds. The molecule has 1 N–H and O–H groups in total. The summed E-state index contributed by atoms with van der Waals surface area (Å²) in [5, 5.41) is 2.85. The van der Waals surface area contributed by atoms with E-state index < -0.39 is 12.0 Å². The van der Waals surface area contributed by atoms with Crippen LogP contribution >= 0.6 is 11.8 Å². The zero-order chi connectivity index (χ0) is 25.8. The van der Waals surface area contributed by atoms with Crippen molar-refractivity contribution in [2.75, 3.05) is 13.1 Å². The molecule has 0 aliphatic carbocycles. The summed E-state index contributed by atoms with van der Waals surface area (Å²) in [7, 11) is 0. The summed E-state index contributed by atoms with van der Waals surface area (Å²) >= 11 is 1.82. The Hall–Kier alpha value is -3.25. The zero-order valence-corrected chi connectivity index (χ0v) is 22.2. The normalized spacial score (nSPS) is 12.0. The van der Waals surface area contributed by atoms with E-state index in [1.165, 1.54) is 11.1 Å². The molecule has 0 bridgehead atoms. The molecule has 0 aromatic heterocycles. The minimum atomic E-state index is -0.750. The lowest BCUT2D eigenvalue weighted by Gasteiger charge is -2.33. The lowest BCUT2D eigenvalue weighted by molar-refractivity contribution is -0.146. The molecular weight excluding hydrogens is 468 g/mol. The number of nitrogens with zero attached hydrogens (tertiary/aromatic N) is 1. The molecular formula is C30H36N2O3S. The van der Waals surface area contributed by atoms with Crippen molar-refractivity contribution < 1.29 is 14.3 Å². The number of amides is 2. The van der Waals surface area contributed by atoms with Crippen LogP contribution in [0.3, 0.4) is 0 Å². The first-order chi connectivity index (χ1) is 17.3. The average Bonchev–Trinajstić information content (AvgIpc) is 2.90. The summed E-state index contributed by atoms with van der Waals surface area (Å²) in [5.74, 6) is 0.414. The summed E-state index contributed by atoms with van der Waals surface area (Å²) < 4.78 is 5.23. The highest BCUT2D eigenvalue weighted by Crippen LogP contribution is 2.29. The van der Waals surface area contributed by atoms with Crippen molar-refractivity contribution in [1.82, 2.24) is 10.2 Å². The average molecular weight is 505 g/mol. The molecule has 3 rings (SSSR count). The number of benzene rings is 3. The number of rotatable bonds is 12. The second kappa shape index (κ2) is 13.7. The number of urea groups is 1. The van der Waals surface area contributed by atoms with Crippen LogP contribution in [0.5, 0.6) is 0 Å². The van der Waals surface area contributed by atoms with Gasteiger partial charge in [0.25, 0.3) is 0 Å². The fraction of sp³-hybridized carbons (Fsp3) is 0.333. The summed E-state index contributed by atoms with van der Waals surface area (Å²) in [6.45, 7) is 7.25. The number of hydrogen-bond donors (Lipinski definition) is 1. The third-order valence-electron chi connectivity index (χ3n) is 5.76. The van der Waals surface area contributed by atoms with Gasteiger partial charge in [0, 0.05) is 23.6 Å². The van der Waals surface area contributed by atoms with Crippen LogP contribution in [0.1, 0.15) is 37.5 Å². The maximum absolute atomic E-state index is 13.3. The Morgan fingerprint density at radius 2 is 1.39 bits per heavy atom. The van der Waals surface area contributed by atoms with Crippen molar-refractivity contribution in [3.8, 4) is 0 Å². The molecule has 3 aromatic carbocycles. The Bertz CT molecular complexity index is 1080. The van der Waals surface area contributed by atoms with E-state index in [0.29, 0.717) is 13.1 Å². The molecule has 0 fully saturated rings. The molecule has 5 nitrogen and oxygen atoms in total. The summed E-state index contributed by atoms with van der Waals surface area (Å²) in [5.41, 5.74) is 3.33. The molecule has 190 valence electrons. The second-order valence-corrected chi connectivity index (χ2v) is 11.1. The lowest BCUT2D eigenvalue weighted by atomic mass is 10.1. The summed E-state index contributed by atoms with van der Waals surface area (Å²) in [6, 6.07) is 29.0. The molecule has 0 spiro atoms.